The highest BCUT2D eigenvalue weighted by molar-refractivity contribution is 5.79. The summed E-state index contributed by atoms with van der Waals surface area (Å²) in [6.45, 7) is 11.1. The average molecular weight is 308 g/mol. The molecule has 1 aliphatic heterocycles. The molecule has 2 aliphatic carbocycles. The third kappa shape index (κ3) is 4.13. The van der Waals surface area contributed by atoms with Crippen molar-refractivity contribution in [3.63, 3.8) is 0 Å². The first-order chi connectivity index (χ1) is 10.7. The summed E-state index contributed by atoms with van der Waals surface area (Å²) >= 11 is 0. The van der Waals surface area contributed by atoms with E-state index >= 15 is 0 Å². The highest BCUT2D eigenvalue weighted by Gasteiger charge is 2.53. The van der Waals surface area contributed by atoms with Gasteiger partial charge < -0.3 is 15.4 Å². The largest absolute Gasteiger partial charge is 0.379 e. The molecule has 2 saturated carbocycles. The van der Waals surface area contributed by atoms with Crippen LogP contribution in [-0.4, -0.2) is 62.8 Å². The minimum Gasteiger partial charge on any atom is -0.379 e. The third-order valence-corrected chi connectivity index (χ3v) is 5.47. The summed E-state index contributed by atoms with van der Waals surface area (Å²) in [5.74, 6) is 1.97. The molecular formula is C17H32N4O. The zero-order valence-electron chi connectivity index (χ0n) is 14.2. The number of nitrogens with one attached hydrogen (secondary N) is 2. The summed E-state index contributed by atoms with van der Waals surface area (Å²) in [5, 5.41) is 6.93. The molecule has 5 heteroatoms. The summed E-state index contributed by atoms with van der Waals surface area (Å²) in [6, 6.07) is 0.520. The van der Waals surface area contributed by atoms with Crippen molar-refractivity contribution in [2.24, 2.45) is 16.3 Å². The van der Waals surface area contributed by atoms with Crippen LogP contribution in [-0.2, 0) is 4.74 Å². The van der Waals surface area contributed by atoms with Crippen molar-refractivity contribution in [1.29, 1.82) is 0 Å². The van der Waals surface area contributed by atoms with E-state index in [0.29, 0.717) is 11.5 Å². The number of ether oxygens (including phenoxy) is 1. The van der Waals surface area contributed by atoms with Gasteiger partial charge in [0, 0.05) is 38.8 Å². The Morgan fingerprint density at radius 1 is 1.27 bits per heavy atom. The number of morpholine rings is 1. The van der Waals surface area contributed by atoms with Crippen LogP contribution in [0.4, 0.5) is 0 Å². The molecule has 5 nitrogen and oxygen atoms in total. The van der Waals surface area contributed by atoms with Gasteiger partial charge in [0.05, 0.1) is 13.2 Å². The van der Waals surface area contributed by atoms with Crippen LogP contribution in [0.15, 0.2) is 4.99 Å². The standard InChI is InChI=1S/C17H32N4O/c1-3-18-16(20-13-17(6-7-17)15-4-5-15)19-12-14(2)21-8-10-22-11-9-21/h14-15H,3-13H2,1-2H3,(H2,18,19,20). The molecule has 3 rings (SSSR count). The van der Waals surface area contributed by atoms with Gasteiger partial charge in [-0.05, 0) is 50.9 Å². The van der Waals surface area contributed by atoms with E-state index in [4.69, 9.17) is 9.73 Å². The smallest absolute Gasteiger partial charge is 0.191 e. The Morgan fingerprint density at radius 3 is 2.59 bits per heavy atom. The maximum absolute atomic E-state index is 5.43. The van der Waals surface area contributed by atoms with Gasteiger partial charge in [-0.3, -0.25) is 9.89 Å². The number of nitrogens with zero attached hydrogens (tertiary/aromatic N) is 2. The molecule has 1 unspecified atom stereocenters. The molecule has 0 bridgehead atoms. The second-order valence-electron chi connectivity index (χ2n) is 7.21. The lowest BCUT2D eigenvalue weighted by molar-refractivity contribution is 0.0211. The van der Waals surface area contributed by atoms with Gasteiger partial charge in [0.1, 0.15) is 0 Å². The summed E-state index contributed by atoms with van der Waals surface area (Å²) in [7, 11) is 0. The lowest BCUT2D eigenvalue weighted by atomic mass is 10.0. The third-order valence-electron chi connectivity index (χ3n) is 5.47. The molecule has 22 heavy (non-hydrogen) atoms. The summed E-state index contributed by atoms with van der Waals surface area (Å²) < 4.78 is 5.43. The fourth-order valence-corrected chi connectivity index (χ4v) is 3.52. The highest BCUT2D eigenvalue weighted by Crippen LogP contribution is 2.61. The van der Waals surface area contributed by atoms with Gasteiger partial charge in [0.15, 0.2) is 5.96 Å². The normalized spacial score (nSPS) is 26.5. The SMILES string of the molecule is CCNC(=NCC1(C2CC2)CC1)NCC(C)N1CCOCC1. The average Bonchev–Trinajstić information content (AvgIpc) is 3.43. The Labute approximate surface area is 134 Å². The first-order valence-electron chi connectivity index (χ1n) is 9.07. The molecule has 3 aliphatic rings. The Bertz CT molecular complexity index is 384. The van der Waals surface area contributed by atoms with Crippen LogP contribution in [0.3, 0.4) is 0 Å². The Morgan fingerprint density at radius 2 is 2.00 bits per heavy atom. The van der Waals surface area contributed by atoms with E-state index in [-0.39, 0.29) is 0 Å². The van der Waals surface area contributed by atoms with Crippen LogP contribution in [0.5, 0.6) is 0 Å². The second kappa shape index (κ2) is 7.18. The summed E-state index contributed by atoms with van der Waals surface area (Å²) in [5.41, 5.74) is 0.582. The minimum absolute atomic E-state index is 0.520. The van der Waals surface area contributed by atoms with Gasteiger partial charge in [0.25, 0.3) is 0 Å². The van der Waals surface area contributed by atoms with Crippen LogP contribution in [0.25, 0.3) is 0 Å². The van der Waals surface area contributed by atoms with Crippen molar-refractivity contribution in [2.45, 2.75) is 45.6 Å². The van der Waals surface area contributed by atoms with Crippen molar-refractivity contribution in [1.82, 2.24) is 15.5 Å². The van der Waals surface area contributed by atoms with Crippen molar-refractivity contribution in [3.8, 4) is 0 Å². The first kappa shape index (κ1) is 16.1. The number of guanidine groups is 1. The predicted molar refractivity (Wildman–Crippen MR) is 90.2 cm³/mol. The molecule has 1 atom stereocenters. The van der Waals surface area contributed by atoms with Gasteiger partial charge in [-0.2, -0.15) is 0 Å². The van der Waals surface area contributed by atoms with Crippen molar-refractivity contribution < 1.29 is 4.74 Å². The lowest BCUT2D eigenvalue weighted by Gasteiger charge is -2.32. The molecule has 1 saturated heterocycles. The zero-order chi connectivity index (χ0) is 15.4. The molecule has 0 radical (unpaired) electrons. The number of hydrogen-bond acceptors (Lipinski definition) is 3. The lowest BCUT2D eigenvalue weighted by Crippen LogP contribution is -2.49. The van der Waals surface area contributed by atoms with E-state index < -0.39 is 0 Å². The first-order valence-corrected chi connectivity index (χ1v) is 9.07. The van der Waals surface area contributed by atoms with Crippen LogP contribution >= 0.6 is 0 Å². The fraction of sp³-hybridized carbons (Fsp3) is 0.941. The minimum atomic E-state index is 0.520. The van der Waals surface area contributed by atoms with Crippen LogP contribution in [0.2, 0.25) is 0 Å². The maximum Gasteiger partial charge on any atom is 0.191 e. The monoisotopic (exact) mass is 308 g/mol. The van der Waals surface area contributed by atoms with Gasteiger partial charge in [-0.25, -0.2) is 0 Å². The van der Waals surface area contributed by atoms with E-state index in [9.17, 15) is 0 Å². The van der Waals surface area contributed by atoms with E-state index in [2.05, 4.69) is 29.4 Å². The number of hydrogen-bond donors (Lipinski definition) is 2. The predicted octanol–water partition coefficient (Wildman–Crippen LogP) is 1.45. The van der Waals surface area contributed by atoms with E-state index in [1.165, 1.54) is 25.7 Å². The van der Waals surface area contributed by atoms with Crippen LogP contribution in [0, 0.1) is 11.3 Å². The molecule has 1 heterocycles. The molecule has 0 aromatic heterocycles. The summed E-state index contributed by atoms with van der Waals surface area (Å²) in [4.78, 5) is 7.37. The molecule has 2 N–H and O–H groups in total. The van der Waals surface area contributed by atoms with Gasteiger partial charge >= 0.3 is 0 Å². The van der Waals surface area contributed by atoms with Gasteiger partial charge in [0.2, 0.25) is 0 Å². The number of rotatable bonds is 7. The Balaban J connectivity index is 1.46. The van der Waals surface area contributed by atoms with E-state index in [1.807, 2.05) is 0 Å². The van der Waals surface area contributed by atoms with Gasteiger partial charge in [-0.1, -0.05) is 0 Å². The van der Waals surface area contributed by atoms with E-state index in [0.717, 1.165) is 57.8 Å². The molecule has 0 aromatic rings. The molecule has 0 amide bonds. The second-order valence-corrected chi connectivity index (χ2v) is 7.21. The maximum atomic E-state index is 5.43. The molecule has 0 aromatic carbocycles. The Hall–Kier alpha value is -0.810. The fourth-order valence-electron chi connectivity index (χ4n) is 3.52. The quantitative estimate of drug-likeness (QED) is 0.552. The highest BCUT2D eigenvalue weighted by atomic mass is 16.5. The van der Waals surface area contributed by atoms with Crippen molar-refractivity contribution >= 4 is 5.96 Å². The summed E-state index contributed by atoms with van der Waals surface area (Å²) in [6.07, 6.45) is 5.66. The topological polar surface area (TPSA) is 48.9 Å². The molecule has 3 fully saturated rings. The van der Waals surface area contributed by atoms with Crippen molar-refractivity contribution in [2.75, 3.05) is 45.9 Å². The zero-order valence-corrected chi connectivity index (χ0v) is 14.2. The van der Waals surface area contributed by atoms with Crippen LogP contribution in [0.1, 0.15) is 39.5 Å². The molecular weight excluding hydrogens is 276 g/mol. The van der Waals surface area contributed by atoms with Gasteiger partial charge in [-0.15, -0.1) is 0 Å². The Kier molecular flexibility index (Phi) is 5.24. The van der Waals surface area contributed by atoms with E-state index in [1.54, 1.807) is 0 Å². The molecule has 126 valence electrons. The molecule has 0 spiro atoms. The number of aliphatic imine (C=N–C) groups is 1. The van der Waals surface area contributed by atoms with Crippen LogP contribution < -0.4 is 10.6 Å². The van der Waals surface area contributed by atoms with Crippen molar-refractivity contribution in [3.05, 3.63) is 0 Å².